The zero-order chi connectivity index (χ0) is 26.5. The van der Waals surface area contributed by atoms with Crippen LogP contribution >= 0.6 is 0 Å². The monoisotopic (exact) mass is 502 g/mol. The summed E-state index contributed by atoms with van der Waals surface area (Å²) in [7, 11) is 0. The molecule has 3 rings (SSSR count). The number of hydrogen-bond donors (Lipinski definition) is 4. The van der Waals surface area contributed by atoms with E-state index in [2.05, 4.69) is 10.6 Å². The van der Waals surface area contributed by atoms with Crippen LogP contribution in [0.4, 0.5) is 0 Å². The molecule has 1 atom stereocenters. The second kappa shape index (κ2) is 14.4. The zero-order valence-corrected chi connectivity index (χ0v) is 20.8. The Labute approximate surface area is 217 Å². The first kappa shape index (κ1) is 27.4. The van der Waals surface area contributed by atoms with Crippen LogP contribution in [0.15, 0.2) is 78.9 Å². The number of unbranched alkanes of at least 4 members (excludes halogenated alkanes) is 2. The molecule has 3 aromatic rings. The molecule has 0 unspecified atom stereocenters. The van der Waals surface area contributed by atoms with Gasteiger partial charge in [0.25, 0.3) is 0 Å². The van der Waals surface area contributed by atoms with Crippen molar-refractivity contribution in [3.05, 3.63) is 101 Å². The summed E-state index contributed by atoms with van der Waals surface area (Å²) in [6, 6.07) is 22.8. The number of nitrogens with one attached hydrogen (secondary N) is 2. The number of nitrogens with two attached hydrogens (primary N) is 2. The van der Waals surface area contributed by atoms with Crippen molar-refractivity contribution in [1.29, 1.82) is 0 Å². The summed E-state index contributed by atoms with van der Waals surface area (Å²) < 4.78 is 5.85. The molecule has 0 saturated carbocycles. The van der Waals surface area contributed by atoms with E-state index in [4.69, 9.17) is 16.2 Å². The molecule has 0 saturated heterocycles. The maximum Gasteiger partial charge on any atom is 0.248 e. The van der Waals surface area contributed by atoms with Crippen molar-refractivity contribution >= 4 is 17.7 Å². The van der Waals surface area contributed by atoms with Gasteiger partial charge < -0.3 is 26.8 Å². The van der Waals surface area contributed by atoms with Crippen LogP contribution < -0.4 is 26.8 Å². The molecule has 0 aromatic heterocycles. The van der Waals surface area contributed by atoms with Crippen molar-refractivity contribution in [3.63, 3.8) is 0 Å². The molecule has 37 heavy (non-hydrogen) atoms. The fourth-order valence-corrected chi connectivity index (χ4v) is 3.72. The van der Waals surface area contributed by atoms with E-state index in [1.165, 1.54) is 0 Å². The maximum absolute atomic E-state index is 13.2. The molecule has 0 spiro atoms. The standard InChI is InChI=1S/C29H34N4O4/c30-18-6-2-5-9-26(34)33-27(29(36)32-19-21-10-12-24(13-11-21)28(31)35)23-14-16-25(17-15-23)37-20-22-7-3-1-4-8-22/h1,3-4,7-8,10-17,27H,2,5-6,9,18-20,30H2,(H2,31,35)(H,32,36)(H,33,34)/t27-/m0/s1. The molecule has 0 heterocycles. The van der Waals surface area contributed by atoms with Crippen LogP contribution in [0.25, 0.3) is 0 Å². The number of hydrogen-bond acceptors (Lipinski definition) is 5. The van der Waals surface area contributed by atoms with Gasteiger partial charge in [-0.2, -0.15) is 0 Å². The van der Waals surface area contributed by atoms with Gasteiger partial charge in [-0.25, -0.2) is 0 Å². The molecule has 0 bridgehead atoms. The number of primary amides is 1. The van der Waals surface area contributed by atoms with Gasteiger partial charge in [0.1, 0.15) is 18.4 Å². The van der Waals surface area contributed by atoms with Gasteiger partial charge in [-0.15, -0.1) is 0 Å². The van der Waals surface area contributed by atoms with Crippen LogP contribution in [0.2, 0.25) is 0 Å². The smallest absolute Gasteiger partial charge is 0.248 e. The molecule has 3 amide bonds. The van der Waals surface area contributed by atoms with Gasteiger partial charge in [-0.3, -0.25) is 14.4 Å². The average molecular weight is 503 g/mol. The highest BCUT2D eigenvalue weighted by molar-refractivity contribution is 5.92. The number of rotatable bonds is 14. The van der Waals surface area contributed by atoms with Gasteiger partial charge in [-0.1, -0.05) is 61.0 Å². The fourth-order valence-electron chi connectivity index (χ4n) is 3.72. The summed E-state index contributed by atoms with van der Waals surface area (Å²) >= 11 is 0. The van der Waals surface area contributed by atoms with Crippen LogP contribution in [-0.2, 0) is 22.7 Å². The van der Waals surface area contributed by atoms with Crippen molar-refractivity contribution < 1.29 is 19.1 Å². The number of carbonyl (C=O) groups is 3. The third-order valence-corrected chi connectivity index (χ3v) is 5.84. The van der Waals surface area contributed by atoms with Crippen molar-refractivity contribution in [1.82, 2.24) is 10.6 Å². The molecule has 8 nitrogen and oxygen atoms in total. The SMILES string of the molecule is NCCCCCC(=O)N[C@H](C(=O)NCc1ccc(C(N)=O)cc1)c1ccc(OCc2ccccc2)cc1. The van der Waals surface area contributed by atoms with E-state index in [1.807, 2.05) is 30.3 Å². The minimum atomic E-state index is -0.866. The number of amides is 3. The lowest BCUT2D eigenvalue weighted by Gasteiger charge is -2.20. The van der Waals surface area contributed by atoms with Crippen LogP contribution in [0, 0.1) is 0 Å². The quantitative estimate of drug-likeness (QED) is 0.251. The molecule has 194 valence electrons. The van der Waals surface area contributed by atoms with E-state index >= 15 is 0 Å². The van der Waals surface area contributed by atoms with Gasteiger partial charge in [0, 0.05) is 18.5 Å². The Balaban J connectivity index is 1.66. The topological polar surface area (TPSA) is 137 Å². The summed E-state index contributed by atoms with van der Waals surface area (Å²) in [5, 5.41) is 5.74. The average Bonchev–Trinajstić information content (AvgIpc) is 2.93. The Morgan fingerprint density at radius 1 is 0.811 bits per heavy atom. The Morgan fingerprint density at radius 2 is 1.51 bits per heavy atom. The van der Waals surface area contributed by atoms with Crippen LogP contribution in [0.1, 0.15) is 58.8 Å². The van der Waals surface area contributed by atoms with Crippen LogP contribution in [0.3, 0.4) is 0 Å². The highest BCUT2D eigenvalue weighted by Gasteiger charge is 2.22. The van der Waals surface area contributed by atoms with E-state index in [1.54, 1.807) is 48.5 Å². The largest absolute Gasteiger partial charge is 0.489 e. The molecule has 3 aromatic carbocycles. The molecule has 8 heteroatoms. The third kappa shape index (κ3) is 9.09. The fraction of sp³-hybridized carbons (Fsp3) is 0.276. The highest BCUT2D eigenvalue weighted by atomic mass is 16.5. The predicted octanol–water partition coefficient (Wildman–Crippen LogP) is 3.36. The maximum atomic E-state index is 13.2. The molecule has 0 aliphatic carbocycles. The number of benzene rings is 3. The van der Waals surface area contributed by atoms with Gasteiger partial charge in [0.15, 0.2) is 0 Å². The van der Waals surface area contributed by atoms with Crippen molar-refractivity contribution in [3.8, 4) is 5.75 Å². The second-order valence-corrected chi connectivity index (χ2v) is 8.72. The van der Waals surface area contributed by atoms with E-state index in [0.29, 0.717) is 42.9 Å². The first-order valence-electron chi connectivity index (χ1n) is 12.4. The van der Waals surface area contributed by atoms with Crippen molar-refractivity contribution in [2.45, 2.75) is 44.9 Å². The first-order chi connectivity index (χ1) is 18.0. The predicted molar refractivity (Wildman–Crippen MR) is 142 cm³/mol. The van der Waals surface area contributed by atoms with Crippen molar-refractivity contribution in [2.24, 2.45) is 11.5 Å². The van der Waals surface area contributed by atoms with E-state index < -0.39 is 11.9 Å². The molecule has 6 N–H and O–H groups in total. The third-order valence-electron chi connectivity index (χ3n) is 5.84. The Bertz CT molecular complexity index is 1150. The van der Waals surface area contributed by atoms with Crippen molar-refractivity contribution in [2.75, 3.05) is 6.54 Å². The van der Waals surface area contributed by atoms with Gasteiger partial charge in [0.2, 0.25) is 17.7 Å². The van der Waals surface area contributed by atoms with Gasteiger partial charge in [0.05, 0.1) is 0 Å². The minimum absolute atomic E-state index is 0.201. The van der Waals surface area contributed by atoms with E-state index in [9.17, 15) is 14.4 Å². The number of ether oxygens (including phenoxy) is 1. The molecule has 0 radical (unpaired) electrons. The van der Waals surface area contributed by atoms with E-state index in [0.717, 1.165) is 24.0 Å². The summed E-state index contributed by atoms with van der Waals surface area (Å²) in [5.41, 5.74) is 13.7. The van der Waals surface area contributed by atoms with Crippen LogP contribution in [-0.4, -0.2) is 24.3 Å². The van der Waals surface area contributed by atoms with Gasteiger partial charge >= 0.3 is 0 Å². The summed E-state index contributed by atoms with van der Waals surface area (Å²) in [4.78, 5) is 37.0. The molecule has 0 aliphatic rings. The Morgan fingerprint density at radius 3 is 2.16 bits per heavy atom. The summed E-state index contributed by atoms with van der Waals surface area (Å²) in [6.07, 6.45) is 2.73. The first-order valence-corrected chi connectivity index (χ1v) is 12.4. The Hall–Kier alpha value is -4.17. The lowest BCUT2D eigenvalue weighted by Crippen LogP contribution is -2.40. The summed E-state index contributed by atoms with van der Waals surface area (Å²) in [6.45, 7) is 1.25. The second-order valence-electron chi connectivity index (χ2n) is 8.72. The van der Waals surface area contributed by atoms with Crippen LogP contribution in [0.5, 0.6) is 5.75 Å². The minimum Gasteiger partial charge on any atom is -0.489 e. The highest BCUT2D eigenvalue weighted by Crippen LogP contribution is 2.20. The molecule has 0 aliphatic heterocycles. The lowest BCUT2D eigenvalue weighted by molar-refractivity contribution is -0.129. The Kier molecular flexibility index (Phi) is 10.7. The molecular formula is C29H34N4O4. The molecule has 0 fully saturated rings. The zero-order valence-electron chi connectivity index (χ0n) is 20.8. The lowest BCUT2D eigenvalue weighted by atomic mass is 10.0. The normalized spacial score (nSPS) is 11.4. The molecular weight excluding hydrogens is 468 g/mol. The van der Waals surface area contributed by atoms with E-state index in [-0.39, 0.29) is 18.4 Å². The number of carbonyl (C=O) groups excluding carboxylic acids is 3. The summed E-state index contributed by atoms with van der Waals surface area (Å²) in [5.74, 6) is -0.393. The van der Waals surface area contributed by atoms with Gasteiger partial charge in [-0.05, 0) is 60.3 Å².